The topological polar surface area (TPSA) is 72.0 Å². The molecule has 0 amide bonds. The number of anilines is 3. The van der Waals surface area contributed by atoms with Gasteiger partial charge in [0, 0.05) is 12.2 Å². The second-order valence-corrected chi connectivity index (χ2v) is 6.27. The number of nitrogens with one attached hydrogen (secondary N) is 2. The smallest absolute Gasteiger partial charge is 0.244 e. The summed E-state index contributed by atoms with van der Waals surface area (Å²) in [5.74, 6) is 2.47. The second kappa shape index (κ2) is 8.29. The van der Waals surface area contributed by atoms with Crippen molar-refractivity contribution in [2.24, 2.45) is 0 Å². The molecule has 6 heteroatoms. The zero-order valence-electron chi connectivity index (χ0n) is 15.2. The highest BCUT2D eigenvalue weighted by Gasteiger charge is 2.03. The minimum absolute atomic E-state index is 0.476. The minimum Gasteiger partial charge on any atom is -0.497 e. The van der Waals surface area contributed by atoms with Gasteiger partial charge in [-0.1, -0.05) is 38.1 Å². The van der Waals surface area contributed by atoms with Gasteiger partial charge in [0.25, 0.3) is 0 Å². The molecule has 134 valence electrons. The molecule has 0 aliphatic heterocycles. The third-order valence-corrected chi connectivity index (χ3v) is 4.02. The van der Waals surface area contributed by atoms with E-state index in [-0.39, 0.29) is 0 Å². The van der Waals surface area contributed by atoms with E-state index in [0.29, 0.717) is 24.2 Å². The fourth-order valence-corrected chi connectivity index (χ4v) is 2.46. The van der Waals surface area contributed by atoms with E-state index in [4.69, 9.17) is 4.74 Å². The average molecular weight is 349 g/mol. The van der Waals surface area contributed by atoms with Crippen molar-refractivity contribution in [2.75, 3.05) is 17.7 Å². The minimum atomic E-state index is 0.476. The fourth-order valence-electron chi connectivity index (χ4n) is 2.46. The van der Waals surface area contributed by atoms with Crippen molar-refractivity contribution in [1.29, 1.82) is 0 Å². The summed E-state index contributed by atoms with van der Waals surface area (Å²) in [4.78, 5) is 4.45. The van der Waals surface area contributed by atoms with Gasteiger partial charge in [0.15, 0.2) is 5.82 Å². The number of nitrogens with zero attached hydrogens (tertiary/aromatic N) is 3. The van der Waals surface area contributed by atoms with Crippen LogP contribution in [0.15, 0.2) is 54.7 Å². The fraction of sp³-hybridized carbons (Fsp3) is 0.250. The van der Waals surface area contributed by atoms with Crippen LogP contribution in [0.4, 0.5) is 17.5 Å². The molecule has 3 rings (SSSR count). The van der Waals surface area contributed by atoms with Crippen molar-refractivity contribution in [2.45, 2.75) is 26.3 Å². The molecule has 0 saturated heterocycles. The standard InChI is InChI=1S/C20H23N5O/c1-14(2)16-6-8-17(9-7-16)23-19-13-22-25-20(24-19)21-12-15-4-10-18(26-3)11-5-15/h4-11,13-14H,12H2,1-3H3,(H2,21,23,24,25). The van der Waals surface area contributed by atoms with Gasteiger partial charge >= 0.3 is 0 Å². The van der Waals surface area contributed by atoms with Crippen molar-refractivity contribution in [1.82, 2.24) is 15.2 Å². The van der Waals surface area contributed by atoms with Gasteiger partial charge in [0.1, 0.15) is 5.75 Å². The molecule has 1 aromatic heterocycles. The van der Waals surface area contributed by atoms with Gasteiger partial charge in [-0.3, -0.25) is 0 Å². The Morgan fingerprint density at radius 1 is 1.00 bits per heavy atom. The highest BCUT2D eigenvalue weighted by molar-refractivity contribution is 5.56. The molecule has 0 aliphatic rings. The lowest BCUT2D eigenvalue weighted by atomic mass is 10.0. The second-order valence-electron chi connectivity index (χ2n) is 6.27. The van der Waals surface area contributed by atoms with Crippen molar-refractivity contribution in [3.63, 3.8) is 0 Å². The molecule has 0 atom stereocenters. The van der Waals surface area contributed by atoms with Crippen LogP contribution in [-0.4, -0.2) is 22.3 Å². The highest BCUT2D eigenvalue weighted by Crippen LogP contribution is 2.20. The number of hydrogen-bond donors (Lipinski definition) is 2. The third-order valence-electron chi connectivity index (χ3n) is 4.02. The molecule has 2 N–H and O–H groups in total. The van der Waals surface area contributed by atoms with Crippen LogP contribution in [0.25, 0.3) is 0 Å². The quantitative estimate of drug-likeness (QED) is 0.660. The summed E-state index contributed by atoms with van der Waals surface area (Å²) in [5.41, 5.74) is 3.38. The Bertz CT molecular complexity index is 832. The SMILES string of the molecule is COc1ccc(CNc2nncc(Nc3ccc(C(C)C)cc3)n2)cc1. The largest absolute Gasteiger partial charge is 0.497 e. The summed E-state index contributed by atoms with van der Waals surface area (Å²) in [7, 11) is 1.65. The van der Waals surface area contributed by atoms with E-state index in [1.807, 2.05) is 36.4 Å². The summed E-state index contributed by atoms with van der Waals surface area (Å²) >= 11 is 0. The van der Waals surface area contributed by atoms with E-state index >= 15 is 0 Å². The Kier molecular flexibility index (Phi) is 5.63. The Morgan fingerprint density at radius 3 is 2.38 bits per heavy atom. The number of ether oxygens (including phenoxy) is 1. The molecular weight excluding hydrogens is 326 g/mol. The number of rotatable bonds is 7. The van der Waals surface area contributed by atoms with Crippen LogP contribution < -0.4 is 15.4 Å². The molecule has 0 unspecified atom stereocenters. The lowest BCUT2D eigenvalue weighted by Crippen LogP contribution is -2.06. The maximum Gasteiger partial charge on any atom is 0.244 e. The molecular formula is C20H23N5O. The molecule has 0 fully saturated rings. The molecule has 0 spiro atoms. The molecule has 0 aliphatic carbocycles. The first-order valence-electron chi connectivity index (χ1n) is 8.57. The Morgan fingerprint density at radius 2 is 1.73 bits per heavy atom. The van der Waals surface area contributed by atoms with Crippen molar-refractivity contribution < 1.29 is 4.74 Å². The molecule has 6 nitrogen and oxygen atoms in total. The maximum atomic E-state index is 5.16. The van der Waals surface area contributed by atoms with Crippen LogP contribution in [0.5, 0.6) is 5.75 Å². The number of aromatic nitrogens is 3. The van der Waals surface area contributed by atoms with Gasteiger partial charge in [0.2, 0.25) is 5.95 Å². The summed E-state index contributed by atoms with van der Waals surface area (Å²) in [6.45, 7) is 4.97. The van der Waals surface area contributed by atoms with Gasteiger partial charge in [0.05, 0.1) is 13.3 Å². The van der Waals surface area contributed by atoms with Crippen LogP contribution in [0, 0.1) is 0 Å². The van der Waals surface area contributed by atoms with Crippen molar-refractivity contribution in [3.8, 4) is 5.75 Å². The monoisotopic (exact) mass is 349 g/mol. The van der Waals surface area contributed by atoms with Crippen LogP contribution in [-0.2, 0) is 6.54 Å². The van der Waals surface area contributed by atoms with Crippen molar-refractivity contribution >= 4 is 17.5 Å². The molecule has 0 radical (unpaired) electrons. The Labute approximate surface area is 153 Å². The number of methoxy groups -OCH3 is 1. The lowest BCUT2D eigenvalue weighted by Gasteiger charge is -2.10. The van der Waals surface area contributed by atoms with Gasteiger partial charge in [-0.05, 0) is 41.3 Å². The van der Waals surface area contributed by atoms with E-state index in [1.54, 1.807) is 13.3 Å². The number of hydrogen-bond acceptors (Lipinski definition) is 6. The molecule has 26 heavy (non-hydrogen) atoms. The Hall–Kier alpha value is -3.15. The van der Waals surface area contributed by atoms with Crippen LogP contribution >= 0.6 is 0 Å². The lowest BCUT2D eigenvalue weighted by molar-refractivity contribution is 0.414. The molecule has 2 aromatic carbocycles. The Balaban J connectivity index is 1.62. The first-order valence-corrected chi connectivity index (χ1v) is 8.57. The van der Waals surface area contributed by atoms with E-state index in [0.717, 1.165) is 17.0 Å². The predicted octanol–water partition coefficient (Wildman–Crippen LogP) is 4.36. The zero-order chi connectivity index (χ0) is 18.4. The maximum absolute atomic E-state index is 5.16. The van der Waals surface area contributed by atoms with Gasteiger partial charge < -0.3 is 15.4 Å². The van der Waals surface area contributed by atoms with E-state index in [2.05, 4.69) is 51.8 Å². The summed E-state index contributed by atoms with van der Waals surface area (Å²) in [6, 6.07) is 16.2. The zero-order valence-corrected chi connectivity index (χ0v) is 15.2. The predicted molar refractivity (Wildman–Crippen MR) is 104 cm³/mol. The van der Waals surface area contributed by atoms with Gasteiger partial charge in [-0.15, -0.1) is 5.10 Å². The molecule has 0 bridgehead atoms. The van der Waals surface area contributed by atoms with Crippen LogP contribution in [0.2, 0.25) is 0 Å². The summed E-state index contributed by atoms with van der Waals surface area (Å²) < 4.78 is 5.16. The average Bonchev–Trinajstić information content (AvgIpc) is 2.67. The van der Waals surface area contributed by atoms with Crippen molar-refractivity contribution in [3.05, 3.63) is 65.9 Å². The third kappa shape index (κ3) is 4.69. The van der Waals surface area contributed by atoms with E-state index < -0.39 is 0 Å². The molecule has 3 aromatic rings. The van der Waals surface area contributed by atoms with E-state index in [1.165, 1.54) is 5.56 Å². The first kappa shape index (κ1) is 17.7. The van der Waals surface area contributed by atoms with Crippen LogP contribution in [0.1, 0.15) is 30.9 Å². The first-order chi connectivity index (χ1) is 12.6. The molecule has 0 saturated carbocycles. The van der Waals surface area contributed by atoms with Crippen LogP contribution in [0.3, 0.4) is 0 Å². The number of benzene rings is 2. The summed E-state index contributed by atoms with van der Waals surface area (Å²) in [5, 5.41) is 14.5. The van der Waals surface area contributed by atoms with Gasteiger partial charge in [-0.2, -0.15) is 10.1 Å². The molecule has 1 heterocycles. The summed E-state index contributed by atoms with van der Waals surface area (Å²) in [6.07, 6.45) is 1.61. The highest BCUT2D eigenvalue weighted by atomic mass is 16.5. The normalized spacial score (nSPS) is 10.6. The van der Waals surface area contributed by atoms with Gasteiger partial charge in [-0.25, -0.2) is 0 Å². The van der Waals surface area contributed by atoms with E-state index in [9.17, 15) is 0 Å².